The van der Waals surface area contributed by atoms with Crippen LogP contribution in [0.2, 0.25) is 0 Å². The van der Waals surface area contributed by atoms with Crippen molar-refractivity contribution >= 4 is 7.32 Å². The Morgan fingerprint density at radius 2 is 0.677 bits per heavy atom. The molecule has 0 fully saturated rings. The minimum absolute atomic E-state index is 0.0273. The topological polar surface area (TPSA) is 83.1 Å². The van der Waals surface area contributed by atoms with Crippen LogP contribution in [0, 0.1) is 0 Å². The zero-order chi connectivity index (χ0) is 23.6. The van der Waals surface area contributed by atoms with Crippen molar-refractivity contribution in [3.05, 3.63) is 0 Å². The van der Waals surface area contributed by atoms with Crippen LogP contribution in [0.25, 0.3) is 0 Å². The molecule has 6 unspecified atom stereocenters. The molecular formula is C21H45BO9. The molecule has 0 aromatic rings. The third-order valence-electron chi connectivity index (χ3n) is 4.08. The monoisotopic (exact) mass is 452 g/mol. The summed E-state index contributed by atoms with van der Waals surface area (Å²) in [6, 6.07) is 0. The fourth-order valence-corrected chi connectivity index (χ4v) is 2.53. The van der Waals surface area contributed by atoms with Crippen LogP contribution in [-0.4, -0.2) is 105 Å². The van der Waals surface area contributed by atoms with Gasteiger partial charge in [0, 0.05) is 21.3 Å². The standard InChI is InChI=1S/C21H45BO9/c1-16(10-23-7)26-13-19(4)29-22(30-20(5)14-27-17(2)11-24-8)31-21(6)15-28-18(3)12-25-9/h16-21H,10-15H2,1-9H3. The van der Waals surface area contributed by atoms with E-state index in [0.29, 0.717) is 39.6 Å². The molecule has 0 aliphatic heterocycles. The van der Waals surface area contributed by atoms with Crippen molar-refractivity contribution in [2.24, 2.45) is 0 Å². The van der Waals surface area contributed by atoms with E-state index in [9.17, 15) is 0 Å². The van der Waals surface area contributed by atoms with Gasteiger partial charge < -0.3 is 42.4 Å². The second kappa shape index (κ2) is 19.2. The van der Waals surface area contributed by atoms with Gasteiger partial charge in [-0.25, -0.2) is 0 Å². The maximum absolute atomic E-state index is 5.96. The van der Waals surface area contributed by atoms with E-state index in [-0.39, 0.29) is 36.6 Å². The van der Waals surface area contributed by atoms with Crippen molar-refractivity contribution in [1.82, 2.24) is 0 Å². The van der Waals surface area contributed by atoms with Crippen LogP contribution >= 0.6 is 0 Å². The lowest BCUT2D eigenvalue weighted by atomic mass is 10.1. The summed E-state index contributed by atoms with van der Waals surface area (Å²) in [4.78, 5) is 0. The number of methoxy groups -OCH3 is 3. The first-order valence-electron chi connectivity index (χ1n) is 11.0. The fraction of sp³-hybridized carbons (Fsp3) is 1.00. The Kier molecular flexibility index (Phi) is 19.0. The molecule has 31 heavy (non-hydrogen) atoms. The van der Waals surface area contributed by atoms with E-state index in [1.807, 2.05) is 41.5 Å². The second-order valence-corrected chi connectivity index (χ2v) is 7.93. The molecule has 0 saturated heterocycles. The zero-order valence-corrected chi connectivity index (χ0v) is 21.0. The van der Waals surface area contributed by atoms with E-state index < -0.39 is 7.32 Å². The SMILES string of the molecule is COCC(C)OCC(C)OB(OC(C)COC(C)COC)OC(C)COC(C)COC. The first kappa shape index (κ1) is 30.7. The van der Waals surface area contributed by atoms with Gasteiger partial charge in [0.25, 0.3) is 0 Å². The first-order chi connectivity index (χ1) is 14.7. The van der Waals surface area contributed by atoms with Crippen LogP contribution in [0.1, 0.15) is 41.5 Å². The largest absolute Gasteiger partial charge is 0.640 e. The van der Waals surface area contributed by atoms with Gasteiger partial charge in [-0.15, -0.1) is 0 Å². The van der Waals surface area contributed by atoms with Gasteiger partial charge in [0.05, 0.1) is 76.3 Å². The second-order valence-electron chi connectivity index (χ2n) is 7.93. The van der Waals surface area contributed by atoms with Crippen molar-refractivity contribution in [3.63, 3.8) is 0 Å². The summed E-state index contributed by atoms with van der Waals surface area (Å²) in [5.74, 6) is 0. The van der Waals surface area contributed by atoms with Gasteiger partial charge in [0.2, 0.25) is 0 Å². The van der Waals surface area contributed by atoms with Gasteiger partial charge >= 0.3 is 7.32 Å². The Morgan fingerprint density at radius 3 is 0.903 bits per heavy atom. The lowest BCUT2D eigenvalue weighted by Gasteiger charge is -2.26. The molecule has 0 bridgehead atoms. The smallest absolute Gasteiger partial charge is 0.382 e. The Balaban J connectivity index is 4.67. The molecule has 0 aromatic heterocycles. The fourth-order valence-electron chi connectivity index (χ4n) is 2.53. The molecule has 0 aromatic carbocycles. The highest BCUT2D eigenvalue weighted by atomic mass is 16.8. The maximum atomic E-state index is 5.96. The molecule has 0 radical (unpaired) electrons. The van der Waals surface area contributed by atoms with E-state index in [0.717, 1.165) is 0 Å². The predicted molar refractivity (Wildman–Crippen MR) is 119 cm³/mol. The van der Waals surface area contributed by atoms with Crippen molar-refractivity contribution in [2.75, 3.05) is 61.0 Å². The number of hydrogen-bond donors (Lipinski definition) is 0. The molecule has 0 aliphatic rings. The first-order valence-corrected chi connectivity index (χ1v) is 11.0. The quantitative estimate of drug-likeness (QED) is 0.244. The van der Waals surface area contributed by atoms with Gasteiger partial charge in [-0.2, -0.15) is 0 Å². The Hall–Kier alpha value is -0.295. The minimum atomic E-state index is -0.885. The molecule has 10 heteroatoms. The van der Waals surface area contributed by atoms with E-state index in [4.69, 9.17) is 42.4 Å². The summed E-state index contributed by atoms with van der Waals surface area (Å²) < 4.78 is 50.3. The molecular weight excluding hydrogens is 407 g/mol. The number of hydrogen-bond acceptors (Lipinski definition) is 9. The van der Waals surface area contributed by atoms with E-state index >= 15 is 0 Å². The number of rotatable bonds is 21. The van der Waals surface area contributed by atoms with Crippen molar-refractivity contribution < 1.29 is 42.4 Å². The molecule has 0 spiro atoms. The minimum Gasteiger partial charge on any atom is -0.382 e. The summed E-state index contributed by atoms with van der Waals surface area (Å²) in [7, 11) is 4.05. The average molecular weight is 452 g/mol. The highest BCUT2D eigenvalue weighted by Gasteiger charge is 2.30. The van der Waals surface area contributed by atoms with Crippen molar-refractivity contribution in [2.45, 2.75) is 78.2 Å². The third-order valence-corrected chi connectivity index (χ3v) is 4.08. The van der Waals surface area contributed by atoms with E-state index in [2.05, 4.69) is 0 Å². The van der Waals surface area contributed by atoms with Gasteiger partial charge in [-0.1, -0.05) is 0 Å². The Labute approximate surface area is 189 Å². The molecule has 6 atom stereocenters. The lowest BCUT2D eigenvalue weighted by Crippen LogP contribution is -2.41. The van der Waals surface area contributed by atoms with Crippen molar-refractivity contribution in [1.29, 1.82) is 0 Å². The van der Waals surface area contributed by atoms with Gasteiger partial charge in [0.1, 0.15) is 0 Å². The molecule has 0 saturated carbocycles. The average Bonchev–Trinajstić information content (AvgIpc) is 2.70. The Morgan fingerprint density at radius 1 is 0.419 bits per heavy atom. The number of ether oxygens (including phenoxy) is 6. The van der Waals surface area contributed by atoms with Crippen LogP contribution in [0.4, 0.5) is 0 Å². The lowest BCUT2D eigenvalue weighted by molar-refractivity contribution is -0.0729. The maximum Gasteiger partial charge on any atom is 0.640 e. The molecule has 0 rings (SSSR count). The Bertz CT molecular complexity index is 348. The normalized spacial score (nSPS) is 17.7. The van der Waals surface area contributed by atoms with E-state index in [1.165, 1.54) is 0 Å². The van der Waals surface area contributed by atoms with E-state index in [1.54, 1.807) is 21.3 Å². The third kappa shape index (κ3) is 17.9. The highest BCUT2D eigenvalue weighted by molar-refractivity contribution is 6.36. The van der Waals surface area contributed by atoms with Gasteiger partial charge in [0.15, 0.2) is 0 Å². The van der Waals surface area contributed by atoms with Crippen LogP contribution in [0.3, 0.4) is 0 Å². The summed E-state index contributed by atoms with van der Waals surface area (Å²) in [5, 5.41) is 0. The van der Waals surface area contributed by atoms with Crippen LogP contribution in [0.15, 0.2) is 0 Å². The van der Waals surface area contributed by atoms with Crippen molar-refractivity contribution in [3.8, 4) is 0 Å². The molecule has 9 nitrogen and oxygen atoms in total. The summed E-state index contributed by atoms with van der Waals surface area (Å²) in [6.07, 6.45) is -0.817. The van der Waals surface area contributed by atoms with Gasteiger partial charge in [-0.05, 0) is 41.5 Å². The molecule has 186 valence electrons. The van der Waals surface area contributed by atoms with Crippen LogP contribution < -0.4 is 0 Å². The van der Waals surface area contributed by atoms with Gasteiger partial charge in [-0.3, -0.25) is 0 Å². The molecule has 0 N–H and O–H groups in total. The summed E-state index contributed by atoms with van der Waals surface area (Å²) >= 11 is 0. The van der Waals surface area contributed by atoms with Crippen LogP contribution in [0.5, 0.6) is 0 Å². The molecule has 0 aliphatic carbocycles. The molecule has 0 heterocycles. The predicted octanol–water partition coefficient (Wildman–Crippen LogP) is 2.34. The zero-order valence-electron chi connectivity index (χ0n) is 21.0. The molecule has 0 amide bonds. The highest BCUT2D eigenvalue weighted by Crippen LogP contribution is 2.09. The summed E-state index contributed by atoms with van der Waals surface area (Å²) in [6.45, 7) is 14.3. The summed E-state index contributed by atoms with van der Waals surface area (Å²) in [5.41, 5.74) is 0. The van der Waals surface area contributed by atoms with Crippen LogP contribution in [-0.2, 0) is 42.4 Å².